The molecule has 0 saturated heterocycles. The molecule has 1 amide bonds. The van der Waals surface area contributed by atoms with Gasteiger partial charge in [-0.25, -0.2) is 9.78 Å². The van der Waals surface area contributed by atoms with Gasteiger partial charge in [-0.1, -0.05) is 0 Å². The van der Waals surface area contributed by atoms with E-state index in [1.54, 1.807) is 6.92 Å². The summed E-state index contributed by atoms with van der Waals surface area (Å²) < 4.78 is 46.6. The highest BCUT2D eigenvalue weighted by Gasteiger charge is 2.24. The first kappa shape index (κ1) is 26.1. The predicted octanol–water partition coefficient (Wildman–Crippen LogP) is 4.47. The second-order valence-electron chi connectivity index (χ2n) is 8.66. The van der Waals surface area contributed by atoms with Gasteiger partial charge in [0, 0.05) is 11.1 Å². The van der Waals surface area contributed by atoms with Gasteiger partial charge < -0.3 is 29.7 Å². The first-order valence-corrected chi connectivity index (χ1v) is 11.7. The normalized spacial score (nSPS) is 13.8. The van der Waals surface area contributed by atoms with Gasteiger partial charge in [-0.2, -0.15) is 8.78 Å². The number of aromatic nitrogens is 1. The number of oxazole rings is 1. The van der Waals surface area contributed by atoms with Gasteiger partial charge >= 0.3 is 12.6 Å². The zero-order valence-electron chi connectivity index (χ0n) is 20.3. The smallest absolute Gasteiger partial charge is 0.387 e. The summed E-state index contributed by atoms with van der Waals surface area (Å²) in [4.78, 5) is 28.7. The summed E-state index contributed by atoms with van der Waals surface area (Å²) in [7, 11) is 1.28. The van der Waals surface area contributed by atoms with Crippen LogP contribution in [0.5, 0.6) is 11.5 Å². The van der Waals surface area contributed by atoms with Crippen molar-refractivity contribution in [1.29, 1.82) is 0 Å². The molecule has 196 valence electrons. The maximum Gasteiger partial charge on any atom is 0.387 e. The van der Waals surface area contributed by atoms with Crippen LogP contribution in [0.25, 0.3) is 11.5 Å². The van der Waals surface area contributed by atoms with E-state index in [-0.39, 0.29) is 29.8 Å². The van der Waals surface area contributed by atoms with Crippen molar-refractivity contribution >= 4 is 11.9 Å². The molecule has 1 saturated carbocycles. The number of rotatable bonds is 11. The van der Waals surface area contributed by atoms with Gasteiger partial charge in [0.25, 0.3) is 5.91 Å². The minimum Gasteiger partial charge on any atom is -0.489 e. The van der Waals surface area contributed by atoms with E-state index in [4.69, 9.17) is 14.9 Å². The Hall–Kier alpha value is -3.99. The lowest BCUT2D eigenvalue weighted by atomic mass is 10.1. The van der Waals surface area contributed by atoms with E-state index in [2.05, 4.69) is 19.8 Å². The van der Waals surface area contributed by atoms with E-state index < -0.39 is 18.6 Å². The van der Waals surface area contributed by atoms with Crippen LogP contribution in [0.4, 0.5) is 8.78 Å². The number of methoxy groups -OCH3 is 1. The lowest BCUT2D eigenvalue weighted by Gasteiger charge is -2.12. The van der Waals surface area contributed by atoms with Crippen molar-refractivity contribution < 1.29 is 37.0 Å². The van der Waals surface area contributed by atoms with Crippen LogP contribution >= 0.6 is 0 Å². The van der Waals surface area contributed by atoms with E-state index >= 15 is 0 Å². The molecule has 0 radical (unpaired) electrons. The average Bonchev–Trinajstić information content (AvgIpc) is 3.62. The number of ether oxygens (including phenoxy) is 3. The van der Waals surface area contributed by atoms with Crippen LogP contribution in [-0.2, 0) is 11.3 Å². The third-order valence-electron chi connectivity index (χ3n) is 5.70. The highest BCUT2D eigenvalue weighted by Crippen LogP contribution is 2.37. The molecule has 1 aliphatic rings. The molecule has 3 N–H and O–H groups in total. The summed E-state index contributed by atoms with van der Waals surface area (Å²) in [6.07, 6.45) is 2.07. The average molecular weight is 516 g/mol. The lowest BCUT2D eigenvalue weighted by Crippen LogP contribution is -2.24. The van der Waals surface area contributed by atoms with Crippen LogP contribution in [0.1, 0.15) is 58.0 Å². The predicted molar refractivity (Wildman–Crippen MR) is 128 cm³/mol. The van der Waals surface area contributed by atoms with Crippen LogP contribution in [0.2, 0.25) is 0 Å². The van der Waals surface area contributed by atoms with Crippen LogP contribution in [-0.4, -0.2) is 37.2 Å². The fraction of sp³-hybridized carbons (Fsp3) is 0.346. The van der Waals surface area contributed by atoms with Crippen molar-refractivity contribution in [2.75, 3.05) is 13.7 Å². The minimum absolute atomic E-state index is 0.0234. The van der Waals surface area contributed by atoms with Crippen molar-refractivity contribution in [3.05, 3.63) is 65.0 Å². The van der Waals surface area contributed by atoms with Crippen LogP contribution in [0.15, 0.2) is 46.9 Å². The summed E-state index contributed by atoms with van der Waals surface area (Å²) in [6.45, 7) is -0.856. The molecule has 2 aromatic carbocycles. The van der Waals surface area contributed by atoms with Crippen molar-refractivity contribution in [3.8, 4) is 23.0 Å². The fourth-order valence-corrected chi connectivity index (χ4v) is 3.55. The molecule has 9 nitrogen and oxygen atoms in total. The number of carbonyl (C=O) groups is 2. The largest absolute Gasteiger partial charge is 0.489 e. The molecule has 1 fully saturated rings. The molecule has 1 aliphatic carbocycles. The van der Waals surface area contributed by atoms with Crippen LogP contribution < -0.4 is 20.5 Å². The Morgan fingerprint density at radius 3 is 2.46 bits per heavy atom. The number of alkyl halides is 2. The Kier molecular flexibility index (Phi) is 8.02. The summed E-state index contributed by atoms with van der Waals surface area (Å²) in [5, 5.41) is 2.76. The number of nitrogens with zero attached hydrogens (tertiary/aromatic N) is 1. The highest BCUT2D eigenvalue weighted by atomic mass is 19.3. The third kappa shape index (κ3) is 6.62. The maximum atomic E-state index is 12.8. The number of esters is 1. The molecule has 3 aromatic rings. The quantitative estimate of drug-likeness (QED) is 0.358. The van der Waals surface area contributed by atoms with E-state index in [1.165, 1.54) is 49.6 Å². The molecule has 1 heterocycles. The molecule has 0 spiro atoms. The van der Waals surface area contributed by atoms with Gasteiger partial charge in [0.2, 0.25) is 5.89 Å². The molecule has 11 heteroatoms. The second-order valence-corrected chi connectivity index (χ2v) is 8.66. The zero-order chi connectivity index (χ0) is 26.5. The third-order valence-corrected chi connectivity index (χ3v) is 5.70. The van der Waals surface area contributed by atoms with E-state index in [0.29, 0.717) is 40.7 Å². The molecule has 4 rings (SSSR count). The van der Waals surface area contributed by atoms with Crippen LogP contribution in [0.3, 0.4) is 0 Å². The molecule has 37 heavy (non-hydrogen) atoms. The van der Waals surface area contributed by atoms with Crippen molar-refractivity contribution in [2.24, 2.45) is 11.7 Å². The molecule has 1 aromatic heterocycles. The fourth-order valence-electron chi connectivity index (χ4n) is 3.55. The zero-order valence-corrected chi connectivity index (χ0v) is 20.3. The van der Waals surface area contributed by atoms with E-state index in [0.717, 1.165) is 12.8 Å². The number of hydrogen-bond donors (Lipinski definition) is 2. The molecule has 0 aliphatic heterocycles. The Bertz CT molecular complexity index is 1260. The Labute approximate surface area is 211 Å². The Morgan fingerprint density at radius 2 is 1.84 bits per heavy atom. The highest BCUT2D eigenvalue weighted by molar-refractivity contribution is 5.96. The van der Waals surface area contributed by atoms with Crippen molar-refractivity contribution in [2.45, 2.75) is 39.0 Å². The van der Waals surface area contributed by atoms with Gasteiger partial charge in [-0.05, 0) is 68.1 Å². The van der Waals surface area contributed by atoms with Crippen molar-refractivity contribution in [1.82, 2.24) is 10.3 Å². The van der Waals surface area contributed by atoms with Gasteiger partial charge in [0.1, 0.15) is 11.5 Å². The molecular formula is C26H27F2N3O6. The van der Waals surface area contributed by atoms with E-state index in [9.17, 15) is 18.4 Å². The number of nitrogens with two attached hydrogens (primary N) is 1. The van der Waals surface area contributed by atoms with Crippen molar-refractivity contribution in [3.63, 3.8) is 0 Å². The maximum absolute atomic E-state index is 12.8. The molecule has 1 unspecified atom stereocenters. The first-order chi connectivity index (χ1) is 17.7. The summed E-state index contributed by atoms with van der Waals surface area (Å²) in [6, 6.07) is 9.91. The summed E-state index contributed by atoms with van der Waals surface area (Å²) in [5.41, 5.74) is 7.61. The number of benzene rings is 2. The molecule has 0 bridgehead atoms. The van der Waals surface area contributed by atoms with Gasteiger partial charge in [-0.3, -0.25) is 4.79 Å². The molecular weight excluding hydrogens is 488 g/mol. The second kappa shape index (κ2) is 11.4. The number of hydrogen-bond acceptors (Lipinski definition) is 8. The Morgan fingerprint density at radius 1 is 1.14 bits per heavy atom. The van der Waals surface area contributed by atoms with Gasteiger partial charge in [0.15, 0.2) is 11.5 Å². The summed E-state index contributed by atoms with van der Waals surface area (Å²) >= 11 is 0. The number of amides is 1. The first-order valence-electron chi connectivity index (χ1n) is 11.7. The van der Waals surface area contributed by atoms with E-state index in [1.807, 2.05) is 0 Å². The SMILES string of the molecule is COC(=O)c1ccc(C(=O)NCc2nc(-c3ccc(OC(F)F)c(OCC4CC4)c3)oc2C(C)N)cc1. The van der Waals surface area contributed by atoms with Gasteiger partial charge in [-0.15, -0.1) is 0 Å². The number of nitrogens with one attached hydrogen (secondary N) is 1. The monoisotopic (exact) mass is 515 g/mol. The Balaban J connectivity index is 1.52. The number of halogens is 2. The summed E-state index contributed by atoms with van der Waals surface area (Å²) in [5.74, 6) is 0.156. The topological polar surface area (TPSA) is 126 Å². The lowest BCUT2D eigenvalue weighted by molar-refractivity contribution is -0.0515. The molecule has 1 atom stereocenters. The minimum atomic E-state index is -2.99. The van der Waals surface area contributed by atoms with Gasteiger partial charge in [0.05, 0.1) is 31.9 Å². The van der Waals surface area contributed by atoms with Crippen LogP contribution in [0, 0.1) is 5.92 Å². The number of carbonyl (C=O) groups excluding carboxylic acids is 2. The standard InChI is InChI=1S/C26H27F2N3O6/c1-14(29)22-19(12-30-23(32)16-5-7-17(8-6-16)25(33)34-2)31-24(37-22)18-9-10-20(36-26(27)28)21(11-18)35-13-15-3-4-15/h5-11,14-15,26H,3-4,12-13,29H2,1-2H3,(H,30,32).